The van der Waals surface area contributed by atoms with Crippen molar-refractivity contribution in [1.82, 2.24) is 5.32 Å². The van der Waals surface area contributed by atoms with E-state index >= 15 is 0 Å². The van der Waals surface area contributed by atoms with E-state index in [1.54, 1.807) is 0 Å². The number of para-hydroxylation sites is 1. The lowest BCUT2D eigenvalue weighted by Crippen LogP contribution is -2.31. The number of aryl methyl sites for hydroxylation is 1. The molecule has 0 radical (unpaired) electrons. The fraction of sp³-hybridized carbons (Fsp3) is 0.300. The predicted molar refractivity (Wildman–Crippen MR) is 93.5 cm³/mol. The number of hydrogen-bond acceptors (Lipinski definition) is 3. The highest BCUT2D eigenvalue weighted by atomic mass is 16.4. The standard InChI is InChI=1S/C20H23NO2/c1-14-7-9-16(10-8-14)11-15(2)21-13-18(22)20-12-17-5-3-4-6-19(17)23-20/h3-10,12,15,18,21-22H,11,13H2,1-2H3. The first-order valence-corrected chi connectivity index (χ1v) is 8.07. The number of hydrogen-bond donors (Lipinski definition) is 2. The van der Waals surface area contributed by atoms with Crippen molar-refractivity contribution in [3.8, 4) is 0 Å². The van der Waals surface area contributed by atoms with E-state index in [2.05, 4.69) is 43.4 Å². The Bertz CT molecular complexity index is 728. The molecule has 3 heteroatoms. The quantitative estimate of drug-likeness (QED) is 0.723. The molecule has 3 rings (SSSR count). The van der Waals surface area contributed by atoms with Crippen molar-refractivity contribution in [3.05, 3.63) is 71.5 Å². The molecule has 0 aliphatic carbocycles. The smallest absolute Gasteiger partial charge is 0.135 e. The summed E-state index contributed by atoms with van der Waals surface area (Å²) in [5.74, 6) is 0.612. The van der Waals surface area contributed by atoms with Crippen LogP contribution >= 0.6 is 0 Å². The molecule has 23 heavy (non-hydrogen) atoms. The molecule has 1 aromatic heterocycles. The number of benzene rings is 2. The molecule has 0 saturated heterocycles. The van der Waals surface area contributed by atoms with Gasteiger partial charge in [0.05, 0.1) is 0 Å². The molecule has 0 amide bonds. The van der Waals surface area contributed by atoms with Gasteiger partial charge in [-0.1, -0.05) is 48.0 Å². The highest BCUT2D eigenvalue weighted by molar-refractivity contribution is 5.77. The second kappa shape index (κ2) is 6.99. The van der Waals surface area contributed by atoms with Gasteiger partial charge in [0.2, 0.25) is 0 Å². The van der Waals surface area contributed by atoms with E-state index in [4.69, 9.17) is 4.42 Å². The van der Waals surface area contributed by atoms with Crippen LogP contribution in [0.25, 0.3) is 11.0 Å². The minimum absolute atomic E-state index is 0.289. The van der Waals surface area contributed by atoms with Crippen LogP contribution in [0.1, 0.15) is 29.9 Å². The van der Waals surface area contributed by atoms with Crippen molar-refractivity contribution in [1.29, 1.82) is 0 Å². The van der Waals surface area contributed by atoms with Crippen molar-refractivity contribution in [2.45, 2.75) is 32.4 Å². The van der Waals surface area contributed by atoms with Crippen LogP contribution in [0.15, 0.2) is 59.0 Å². The second-order valence-corrected chi connectivity index (χ2v) is 6.20. The number of aliphatic hydroxyl groups excluding tert-OH is 1. The fourth-order valence-corrected chi connectivity index (χ4v) is 2.73. The Hall–Kier alpha value is -2.10. The van der Waals surface area contributed by atoms with E-state index in [0.29, 0.717) is 12.3 Å². The number of nitrogens with one attached hydrogen (secondary N) is 1. The van der Waals surface area contributed by atoms with Crippen LogP contribution in [0.5, 0.6) is 0 Å². The molecule has 2 atom stereocenters. The van der Waals surface area contributed by atoms with Crippen LogP contribution in [-0.4, -0.2) is 17.7 Å². The van der Waals surface area contributed by atoms with Gasteiger partial charge < -0.3 is 14.8 Å². The summed E-state index contributed by atoms with van der Waals surface area (Å²) in [5, 5.41) is 14.7. The molecule has 0 aliphatic heterocycles. The molecule has 0 spiro atoms. The van der Waals surface area contributed by atoms with Crippen LogP contribution in [0, 0.1) is 6.92 Å². The number of aliphatic hydroxyl groups is 1. The summed E-state index contributed by atoms with van der Waals surface area (Å²) in [5.41, 5.74) is 3.39. The first kappa shape index (κ1) is 15.8. The molecule has 1 heterocycles. The van der Waals surface area contributed by atoms with Gasteiger partial charge in [-0.25, -0.2) is 0 Å². The first-order valence-electron chi connectivity index (χ1n) is 8.07. The molecule has 2 unspecified atom stereocenters. The zero-order valence-corrected chi connectivity index (χ0v) is 13.6. The third-order valence-corrected chi connectivity index (χ3v) is 4.10. The highest BCUT2D eigenvalue weighted by Gasteiger charge is 2.14. The molecule has 120 valence electrons. The molecule has 3 aromatic rings. The first-order chi connectivity index (χ1) is 11.1. The maximum Gasteiger partial charge on any atom is 0.135 e. The Balaban J connectivity index is 1.55. The minimum atomic E-state index is -0.636. The van der Waals surface area contributed by atoms with Crippen LogP contribution in [-0.2, 0) is 6.42 Å². The van der Waals surface area contributed by atoms with E-state index in [1.165, 1.54) is 11.1 Å². The van der Waals surface area contributed by atoms with Crippen molar-refractivity contribution in [2.24, 2.45) is 0 Å². The topological polar surface area (TPSA) is 45.4 Å². The normalized spacial score (nSPS) is 14.0. The zero-order chi connectivity index (χ0) is 16.2. The van der Waals surface area contributed by atoms with Gasteiger partial charge in [-0.05, 0) is 38.0 Å². The summed E-state index contributed by atoms with van der Waals surface area (Å²) in [6.07, 6.45) is 0.301. The molecule has 0 bridgehead atoms. The van der Waals surface area contributed by atoms with E-state index in [0.717, 1.165) is 17.4 Å². The average Bonchev–Trinajstić information content (AvgIpc) is 2.99. The molecule has 0 aliphatic rings. The molecular weight excluding hydrogens is 286 g/mol. The van der Waals surface area contributed by atoms with Crippen molar-refractivity contribution >= 4 is 11.0 Å². The SMILES string of the molecule is Cc1ccc(CC(C)NCC(O)c2cc3ccccc3o2)cc1. The lowest BCUT2D eigenvalue weighted by molar-refractivity contribution is 0.146. The maximum absolute atomic E-state index is 10.3. The molecule has 3 nitrogen and oxygen atoms in total. The third kappa shape index (κ3) is 4.01. The van der Waals surface area contributed by atoms with Gasteiger partial charge >= 0.3 is 0 Å². The van der Waals surface area contributed by atoms with Gasteiger partial charge in [0.25, 0.3) is 0 Å². The van der Waals surface area contributed by atoms with Crippen molar-refractivity contribution in [2.75, 3.05) is 6.54 Å². The van der Waals surface area contributed by atoms with Crippen LogP contribution in [0.2, 0.25) is 0 Å². The third-order valence-electron chi connectivity index (χ3n) is 4.10. The molecular formula is C20H23NO2. The van der Waals surface area contributed by atoms with Gasteiger partial charge in [0.1, 0.15) is 17.4 Å². The number of fused-ring (bicyclic) bond motifs is 1. The molecule has 2 aromatic carbocycles. The summed E-state index contributed by atoms with van der Waals surface area (Å²) in [7, 11) is 0. The van der Waals surface area contributed by atoms with Crippen molar-refractivity contribution < 1.29 is 9.52 Å². The summed E-state index contributed by atoms with van der Waals surface area (Å²) in [6, 6.07) is 18.6. The van der Waals surface area contributed by atoms with Gasteiger partial charge in [0, 0.05) is 18.0 Å². The molecule has 0 fully saturated rings. The van der Waals surface area contributed by atoms with Gasteiger partial charge in [-0.3, -0.25) is 0 Å². The second-order valence-electron chi connectivity index (χ2n) is 6.20. The zero-order valence-electron chi connectivity index (χ0n) is 13.6. The summed E-state index contributed by atoms with van der Waals surface area (Å²) in [6.45, 7) is 4.70. The molecule has 2 N–H and O–H groups in total. The lowest BCUT2D eigenvalue weighted by Gasteiger charge is -2.16. The summed E-state index contributed by atoms with van der Waals surface area (Å²) >= 11 is 0. The highest BCUT2D eigenvalue weighted by Crippen LogP contribution is 2.23. The Morgan fingerprint density at radius 1 is 1.09 bits per heavy atom. The molecule has 0 saturated carbocycles. The van der Waals surface area contributed by atoms with E-state index < -0.39 is 6.10 Å². The number of furan rings is 1. The largest absolute Gasteiger partial charge is 0.458 e. The van der Waals surface area contributed by atoms with Gasteiger partial charge in [-0.2, -0.15) is 0 Å². The summed E-state index contributed by atoms with van der Waals surface area (Å²) in [4.78, 5) is 0. The van der Waals surface area contributed by atoms with E-state index in [1.807, 2.05) is 30.3 Å². The van der Waals surface area contributed by atoms with Gasteiger partial charge in [0.15, 0.2) is 0 Å². The Morgan fingerprint density at radius 3 is 2.57 bits per heavy atom. The monoisotopic (exact) mass is 309 g/mol. The Labute approximate surface area is 136 Å². The van der Waals surface area contributed by atoms with E-state index in [-0.39, 0.29) is 6.04 Å². The number of rotatable bonds is 6. The predicted octanol–water partition coefficient (Wildman–Crippen LogP) is 4.00. The van der Waals surface area contributed by atoms with Crippen molar-refractivity contribution in [3.63, 3.8) is 0 Å². The van der Waals surface area contributed by atoms with Gasteiger partial charge in [-0.15, -0.1) is 0 Å². The lowest BCUT2D eigenvalue weighted by atomic mass is 10.1. The van der Waals surface area contributed by atoms with Crippen LogP contribution < -0.4 is 5.32 Å². The Kier molecular flexibility index (Phi) is 4.79. The fourth-order valence-electron chi connectivity index (χ4n) is 2.73. The van der Waals surface area contributed by atoms with Crippen LogP contribution in [0.3, 0.4) is 0 Å². The maximum atomic E-state index is 10.3. The van der Waals surface area contributed by atoms with Crippen LogP contribution in [0.4, 0.5) is 0 Å². The Morgan fingerprint density at radius 2 is 1.83 bits per heavy atom. The summed E-state index contributed by atoms with van der Waals surface area (Å²) < 4.78 is 5.70. The average molecular weight is 309 g/mol. The van der Waals surface area contributed by atoms with E-state index in [9.17, 15) is 5.11 Å². The minimum Gasteiger partial charge on any atom is -0.458 e.